The molecule has 6 rings (SSSR count). The van der Waals surface area contributed by atoms with Crippen LogP contribution in [0, 0.1) is 24.7 Å². The number of imide groups is 1. The first kappa shape index (κ1) is 28.5. The minimum atomic E-state index is -1.04. The van der Waals surface area contributed by atoms with Crippen LogP contribution in [0.5, 0.6) is 0 Å². The summed E-state index contributed by atoms with van der Waals surface area (Å²) in [5.74, 6) is -2.04. The molecule has 4 unspecified atom stereocenters. The van der Waals surface area contributed by atoms with E-state index in [0.717, 1.165) is 5.56 Å². The highest BCUT2D eigenvalue weighted by Crippen LogP contribution is 2.40. The maximum absolute atomic E-state index is 13.5. The van der Waals surface area contributed by atoms with Crippen LogP contribution in [0.2, 0.25) is 5.02 Å². The SMILES string of the molecule is Cc1ccc2nc(-c3ccc(N4C(=O)C5CC=CC(C)C5C4=O)cc3)cc(C(=O)OC(C)C(=O)c3cccc(Cl)c3)c2c1. The Kier molecular flexibility index (Phi) is 7.44. The Morgan fingerprint density at radius 1 is 1.00 bits per heavy atom. The van der Waals surface area contributed by atoms with E-state index in [1.165, 1.54) is 17.9 Å². The summed E-state index contributed by atoms with van der Waals surface area (Å²) in [5.41, 5.74) is 3.85. The van der Waals surface area contributed by atoms with E-state index in [-0.39, 0.29) is 40.9 Å². The number of pyridine rings is 1. The third-order valence-corrected chi connectivity index (χ3v) is 8.48. The number of fused-ring (bicyclic) bond motifs is 2. The van der Waals surface area contributed by atoms with Crippen molar-refractivity contribution in [2.45, 2.75) is 33.3 Å². The number of esters is 1. The van der Waals surface area contributed by atoms with Crippen molar-refractivity contribution in [3.63, 3.8) is 0 Å². The first-order valence-electron chi connectivity index (χ1n) is 14.2. The molecule has 216 valence electrons. The van der Waals surface area contributed by atoms with Gasteiger partial charge in [0.25, 0.3) is 0 Å². The van der Waals surface area contributed by atoms with Crippen molar-refractivity contribution < 1.29 is 23.9 Å². The maximum Gasteiger partial charge on any atom is 0.339 e. The second-order valence-corrected chi connectivity index (χ2v) is 11.6. The molecule has 1 fully saturated rings. The van der Waals surface area contributed by atoms with Gasteiger partial charge in [-0.25, -0.2) is 9.78 Å². The molecule has 7 nitrogen and oxygen atoms in total. The number of aromatic nitrogens is 1. The lowest BCUT2D eigenvalue weighted by molar-refractivity contribution is -0.122. The summed E-state index contributed by atoms with van der Waals surface area (Å²) in [5, 5.41) is 1.02. The van der Waals surface area contributed by atoms with E-state index >= 15 is 0 Å². The number of halogens is 1. The first-order chi connectivity index (χ1) is 20.6. The van der Waals surface area contributed by atoms with Gasteiger partial charge in [0, 0.05) is 21.5 Å². The highest BCUT2D eigenvalue weighted by atomic mass is 35.5. The number of rotatable bonds is 6. The maximum atomic E-state index is 13.5. The third-order valence-electron chi connectivity index (χ3n) is 8.24. The minimum absolute atomic E-state index is 0.00610. The van der Waals surface area contributed by atoms with Gasteiger partial charge in [-0.05, 0) is 68.7 Å². The number of benzene rings is 3. The lowest BCUT2D eigenvalue weighted by atomic mass is 9.78. The van der Waals surface area contributed by atoms with Crippen molar-refractivity contribution in [1.29, 1.82) is 0 Å². The van der Waals surface area contributed by atoms with Crippen LogP contribution in [-0.4, -0.2) is 34.7 Å². The minimum Gasteiger partial charge on any atom is -0.451 e. The zero-order valence-corrected chi connectivity index (χ0v) is 24.7. The van der Waals surface area contributed by atoms with Crippen molar-refractivity contribution in [3.05, 3.63) is 107 Å². The van der Waals surface area contributed by atoms with E-state index in [4.69, 9.17) is 21.3 Å². The number of aryl methyl sites for hydroxylation is 1. The van der Waals surface area contributed by atoms with Crippen LogP contribution in [0.4, 0.5) is 5.69 Å². The Bertz CT molecular complexity index is 1830. The molecule has 4 atom stereocenters. The summed E-state index contributed by atoms with van der Waals surface area (Å²) in [4.78, 5) is 58.9. The van der Waals surface area contributed by atoms with Gasteiger partial charge in [-0.2, -0.15) is 0 Å². The number of carbonyl (C=O) groups excluding carboxylic acids is 4. The Morgan fingerprint density at radius 3 is 2.49 bits per heavy atom. The zero-order valence-electron chi connectivity index (χ0n) is 23.9. The van der Waals surface area contributed by atoms with Crippen molar-refractivity contribution in [2.24, 2.45) is 17.8 Å². The van der Waals surface area contributed by atoms with Crippen molar-refractivity contribution >= 4 is 51.8 Å². The summed E-state index contributed by atoms with van der Waals surface area (Å²) in [6.07, 6.45) is 3.51. The summed E-state index contributed by atoms with van der Waals surface area (Å²) < 4.78 is 5.65. The molecule has 3 aromatic carbocycles. The highest BCUT2D eigenvalue weighted by Gasteiger charge is 2.50. The van der Waals surface area contributed by atoms with E-state index in [1.54, 1.807) is 48.5 Å². The molecule has 0 spiro atoms. The van der Waals surface area contributed by atoms with Crippen LogP contribution in [0.3, 0.4) is 0 Å². The molecular formula is C35H29ClN2O5. The van der Waals surface area contributed by atoms with Gasteiger partial charge in [0.05, 0.1) is 34.3 Å². The van der Waals surface area contributed by atoms with Crippen LogP contribution in [-0.2, 0) is 14.3 Å². The molecule has 2 amide bonds. The molecule has 1 aromatic heterocycles. The molecule has 43 heavy (non-hydrogen) atoms. The molecule has 1 saturated heterocycles. The Morgan fingerprint density at radius 2 is 1.77 bits per heavy atom. The fourth-order valence-electron chi connectivity index (χ4n) is 5.99. The van der Waals surface area contributed by atoms with Crippen LogP contribution in [0.15, 0.2) is 84.9 Å². The fourth-order valence-corrected chi connectivity index (χ4v) is 6.18. The standard InChI is InChI=1S/C35H29ClN2O5/c1-19-10-15-29-27(16-19)28(35(42)43-21(3)32(39)23-7-5-8-24(36)17-23)18-30(37-29)22-11-13-25(14-12-22)38-33(40)26-9-4-6-20(2)31(26)34(38)41/h4-8,10-18,20-21,26,31H,9H2,1-3H3. The number of hydrogen-bond acceptors (Lipinski definition) is 6. The second kappa shape index (κ2) is 11.2. The average molecular weight is 593 g/mol. The molecule has 0 bridgehead atoms. The molecule has 8 heteroatoms. The second-order valence-electron chi connectivity index (χ2n) is 11.2. The van der Waals surface area contributed by atoms with Crippen molar-refractivity contribution in [1.82, 2.24) is 4.98 Å². The number of anilines is 1. The molecule has 1 aliphatic heterocycles. The van der Waals surface area contributed by atoms with Gasteiger partial charge in [0.2, 0.25) is 17.6 Å². The molecule has 2 heterocycles. The van der Waals surface area contributed by atoms with E-state index in [2.05, 4.69) is 0 Å². The predicted molar refractivity (Wildman–Crippen MR) is 165 cm³/mol. The summed E-state index contributed by atoms with van der Waals surface area (Å²) in [6.45, 7) is 5.41. The van der Waals surface area contributed by atoms with Crippen LogP contribution in [0.1, 0.15) is 46.5 Å². The number of nitrogens with zero attached hydrogens (tertiary/aromatic N) is 2. The molecule has 0 N–H and O–H groups in total. The van der Waals surface area contributed by atoms with Crippen molar-refractivity contribution in [2.75, 3.05) is 4.90 Å². The van der Waals surface area contributed by atoms with E-state index in [0.29, 0.717) is 44.9 Å². The smallest absolute Gasteiger partial charge is 0.339 e. The Labute approximate surface area is 254 Å². The van der Waals surface area contributed by atoms with Gasteiger partial charge in [-0.15, -0.1) is 0 Å². The van der Waals surface area contributed by atoms with Gasteiger partial charge in [0.15, 0.2) is 6.10 Å². The zero-order chi connectivity index (χ0) is 30.4. The van der Waals surface area contributed by atoms with Crippen LogP contribution >= 0.6 is 11.6 Å². The number of carbonyl (C=O) groups is 4. The van der Waals surface area contributed by atoms with E-state index < -0.39 is 12.1 Å². The number of amides is 2. The van der Waals surface area contributed by atoms with Gasteiger partial charge >= 0.3 is 5.97 Å². The molecule has 2 aliphatic rings. The number of ether oxygens (including phenoxy) is 1. The Hall–Kier alpha value is -4.62. The highest BCUT2D eigenvalue weighted by molar-refractivity contribution is 6.31. The number of ketones is 1. The number of allylic oxidation sites excluding steroid dienone is 2. The lowest BCUT2D eigenvalue weighted by Gasteiger charge is -2.22. The van der Waals surface area contributed by atoms with Crippen LogP contribution < -0.4 is 4.90 Å². The summed E-state index contributed by atoms with van der Waals surface area (Å²) >= 11 is 6.04. The molecule has 4 aromatic rings. The lowest BCUT2D eigenvalue weighted by Crippen LogP contribution is -2.31. The van der Waals surface area contributed by atoms with Gasteiger partial charge in [0.1, 0.15) is 0 Å². The monoisotopic (exact) mass is 592 g/mol. The number of hydrogen-bond donors (Lipinski definition) is 0. The number of Topliss-reactive ketones (excluding diaryl/α,β-unsaturated/α-hetero) is 1. The van der Waals surface area contributed by atoms with Crippen molar-refractivity contribution in [3.8, 4) is 11.3 Å². The molecule has 0 saturated carbocycles. The summed E-state index contributed by atoms with van der Waals surface area (Å²) in [7, 11) is 0. The van der Waals surface area contributed by atoms with Gasteiger partial charge in [-0.3, -0.25) is 19.3 Å². The molecule has 1 aliphatic carbocycles. The van der Waals surface area contributed by atoms with Crippen LogP contribution in [0.25, 0.3) is 22.2 Å². The van der Waals surface area contributed by atoms with E-state index in [9.17, 15) is 19.2 Å². The molecule has 0 radical (unpaired) electrons. The summed E-state index contributed by atoms with van der Waals surface area (Å²) in [6, 6.07) is 20.7. The largest absolute Gasteiger partial charge is 0.451 e. The first-order valence-corrected chi connectivity index (χ1v) is 14.6. The fraction of sp³-hybridized carbons (Fsp3) is 0.229. The van der Waals surface area contributed by atoms with E-state index in [1.807, 2.05) is 44.2 Å². The average Bonchev–Trinajstić information content (AvgIpc) is 3.26. The quantitative estimate of drug-likeness (QED) is 0.104. The third kappa shape index (κ3) is 5.25. The molecular weight excluding hydrogens is 564 g/mol. The van der Waals surface area contributed by atoms with Gasteiger partial charge < -0.3 is 4.74 Å². The normalized spacial score (nSPS) is 20.3. The van der Waals surface area contributed by atoms with Gasteiger partial charge in [-0.1, -0.05) is 66.6 Å². The topological polar surface area (TPSA) is 93.6 Å². The Balaban J connectivity index is 1.30. The predicted octanol–water partition coefficient (Wildman–Crippen LogP) is 6.99.